The number of carbonyl (C=O) groups excluding carboxylic acids is 1. The summed E-state index contributed by atoms with van der Waals surface area (Å²) in [4.78, 5) is 13.5. The fourth-order valence-corrected chi connectivity index (χ4v) is 2.87. The number of benzene rings is 1. The van der Waals surface area contributed by atoms with E-state index < -0.39 is 0 Å². The van der Waals surface area contributed by atoms with Crippen LogP contribution in [0.25, 0.3) is 0 Å². The number of hydrogen-bond donors (Lipinski definition) is 1. The van der Waals surface area contributed by atoms with E-state index in [4.69, 9.17) is 4.74 Å². The molecule has 1 N–H and O–H groups in total. The number of amides is 1. The Kier molecular flexibility index (Phi) is 3.38. The standard InChI is InChI=1S/C14H17FN2O2/c15-12-3-1-2-10(6-12)8-17-13(9-19-14(17)18)11-4-5-16-7-11/h1-3,6,11,13,16H,4-5,7-9H2. The van der Waals surface area contributed by atoms with Crippen LogP contribution in [0.1, 0.15) is 12.0 Å². The average Bonchev–Trinajstić information content (AvgIpc) is 3.01. The minimum absolute atomic E-state index is 0.103. The van der Waals surface area contributed by atoms with Crippen molar-refractivity contribution in [1.82, 2.24) is 10.2 Å². The van der Waals surface area contributed by atoms with Crippen LogP contribution in [-0.2, 0) is 11.3 Å². The van der Waals surface area contributed by atoms with Crippen LogP contribution in [0.4, 0.5) is 9.18 Å². The Balaban J connectivity index is 1.75. The molecule has 3 rings (SSSR count). The largest absolute Gasteiger partial charge is 0.447 e. The van der Waals surface area contributed by atoms with E-state index in [1.807, 2.05) is 6.07 Å². The smallest absolute Gasteiger partial charge is 0.410 e. The number of rotatable bonds is 3. The van der Waals surface area contributed by atoms with Crippen molar-refractivity contribution in [2.75, 3.05) is 19.7 Å². The third-order valence-electron chi connectivity index (χ3n) is 3.90. The molecule has 0 bridgehead atoms. The lowest BCUT2D eigenvalue weighted by Crippen LogP contribution is -2.39. The second kappa shape index (κ2) is 5.17. The number of nitrogens with zero attached hydrogens (tertiary/aromatic N) is 1. The van der Waals surface area contributed by atoms with Gasteiger partial charge in [-0.05, 0) is 36.6 Å². The molecule has 2 heterocycles. The van der Waals surface area contributed by atoms with Gasteiger partial charge in [-0.3, -0.25) is 4.90 Å². The van der Waals surface area contributed by atoms with Crippen LogP contribution < -0.4 is 5.32 Å². The van der Waals surface area contributed by atoms with Crippen molar-refractivity contribution in [1.29, 1.82) is 0 Å². The SMILES string of the molecule is O=C1OCC(C2CCNC2)N1Cc1cccc(F)c1. The predicted molar refractivity (Wildman–Crippen MR) is 68.1 cm³/mol. The van der Waals surface area contributed by atoms with Crippen molar-refractivity contribution in [3.05, 3.63) is 35.6 Å². The summed E-state index contributed by atoms with van der Waals surface area (Å²) in [5.74, 6) is 0.157. The number of ether oxygens (including phenoxy) is 1. The fraction of sp³-hybridized carbons (Fsp3) is 0.500. The van der Waals surface area contributed by atoms with Gasteiger partial charge in [0.25, 0.3) is 0 Å². The molecular weight excluding hydrogens is 247 g/mol. The maximum atomic E-state index is 13.2. The maximum Gasteiger partial charge on any atom is 0.410 e. The summed E-state index contributed by atoms with van der Waals surface area (Å²) in [6, 6.07) is 6.47. The van der Waals surface area contributed by atoms with Crippen molar-refractivity contribution in [2.24, 2.45) is 5.92 Å². The number of nitrogens with one attached hydrogen (secondary N) is 1. The number of hydrogen-bond acceptors (Lipinski definition) is 3. The zero-order valence-corrected chi connectivity index (χ0v) is 10.6. The van der Waals surface area contributed by atoms with Crippen LogP contribution in [0.15, 0.2) is 24.3 Å². The third-order valence-corrected chi connectivity index (χ3v) is 3.90. The van der Waals surface area contributed by atoms with Gasteiger partial charge < -0.3 is 10.1 Å². The Morgan fingerprint density at radius 3 is 3.11 bits per heavy atom. The second-order valence-electron chi connectivity index (χ2n) is 5.15. The Hall–Kier alpha value is -1.62. The topological polar surface area (TPSA) is 41.6 Å². The molecule has 0 saturated carbocycles. The molecule has 102 valence electrons. The van der Waals surface area contributed by atoms with Crippen LogP contribution in [0, 0.1) is 11.7 Å². The summed E-state index contributed by atoms with van der Waals surface area (Å²) in [5, 5.41) is 3.30. The van der Waals surface area contributed by atoms with Crippen LogP contribution in [0.3, 0.4) is 0 Å². The fourth-order valence-electron chi connectivity index (χ4n) is 2.87. The van der Waals surface area contributed by atoms with E-state index in [0.717, 1.165) is 25.1 Å². The molecular formula is C14H17FN2O2. The van der Waals surface area contributed by atoms with Gasteiger partial charge in [0.05, 0.1) is 6.04 Å². The zero-order valence-electron chi connectivity index (χ0n) is 10.6. The molecule has 1 aromatic rings. The number of carbonyl (C=O) groups is 1. The predicted octanol–water partition coefficient (Wildman–Crippen LogP) is 1.76. The van der Waals surface area contributed by atoms with Crippen LogP contribution >= 0.6 is 0 Å². The molecule has 2 unspecified atom stereocenters. The first kappa shape index (κ1) is 12.4. The molecule has 0 aliphatic carbocycles. The highest BCUT2D eigenvalue weighted by atomic mass is 19.1. The molecule has 1 amide bonds. The first-order valence-corrected chi connectivity index (χ1v) is 6.62. The van der Waals surface area contributed by atoms with Gasteiger partial charge in [0, 0.05) is 13.1 Å². The second-order valence-corrected chi connectivity index (χ2v) is 5.15. The summed E-state index contributed by atoms with van der Waals surface area (Å²) in [6.45, 7) is 2.77. The van der Waals surface area contributed by atoms with Gasteiger partial charge >= 0.3 is 6.09 Å². The van der Waals surface area contributed by atoms with Gasteiger partial charge in [0.15, 0.2) is 0 Å². The summed E-state index contributed by atoms with van der Waals surface area (Å²) in [7, 11) is 0. The quantitative estimate of drug-likeness (QED) is 0.904. The molecule has 5 heteroatoms. The number of halogens is 1. The van der Waals surface area contributed by atoms with Crippen molar-refractivity contribution in [3.8, 4) is 0 Å². The van der Waals surface area contributed by atoms with E-state index in [1.54, 1.807) is 11.0 Å². The van der Waals surface area contributed by atoms with E-state index >= 15 is 0 Å². The van der Waals surface area contributed by atoms with Crippen LogP contribution in [-0.4, -0.2) is 36.7 Å². The van der Waals surface area contributed by atoms with Crippen LogP contribution in [0.5, 0.6) is 0 Å². The Morgan fingerprint density at radius 2 is 2.37 bits per heavy atom. The highest BCUT2D eigenvalue weighted by Gasteiger charge is 2.39. The van der Waals surface area contributed by atoms with Gasteiger partial charge in [-0.1, -0.05) is 12.1 Å². The average molecular weight is 264 g/mol. The Labute approximate surface area is 111 Å². The van der Waals surface area contributed by atoms with E-state index in [1.165, 1.54) is 12.1 Å². The first-order valence-electron chi connectivity index (χ1n) is 6.62. The molecule has 0 radical (unpaired) electrons. The molecule has 2 atom stereocenters. The highest BCUT2D eigenvalue weighted by molar-refractivity contribution is 5.70. The van der Waals surface area contributed by atoms with E-state index in [-0.39, 0.29) is 18.0 Å². The van der Waals surface area contributed by atoms with Crippen molar-refractivity contribution >= 4 is 6.09 Å². The summed E-state index contributed by atoms with van der Waals surface area (Å²) in [6.07, 6.45) is 0.766. The van der Waals surface area contributed by atoms with E-state index in [0.29, 0.717) is 19.1 Å². The lowest BCUT2D eigenvalue weighted by atomic mass is 9.98. The lowest BCUT2D eigenvalue weighted by Gasteiger charge is -2.25. The van der Waals surface area contributed by atoms with Crippen molar-refractivity contribution in [2.45, 2.75) is 19.0 Å². The monoisotopic (exact) mass is 264 g/mol. The van der Waals surface area contributed by atoms with Crippen molar-refractivity contribution in [3.63, 3.8) is 0 Å². The summed E-state index contributed by atoms with van der Waals surface area (Å²) < 4.78 is 18.4. The molecule has 2 aliphatic rings. The molecule has 2 aliphatic heterocycles. The lowest BCUT2D eigenvalue weighted by molar-refractivity contribution is 0.154. The normalized spacial score (nSPS) is 26.8. The van der Waals surface area contributed by atoms with Gasteiger partial charge in [0.1, 0.15) is 12.4 Å². The van der Waals surface area contributed by atoms with Gasteiger partial charge in [-0.15, -0.1) is 0 Å². The minimum atomic E-state index is -0.291. The minimum Gasteiger partial charge on any atom is -0.447 e. The molecule has 19 heavy (non-hydrogen) atoms. The van der Waals surface area contributed by atoms with Crippen molar-refractivity contribution < 1.29 is 13.9 Å². The van der Waals surface area contributed by atoms with E-state index in [2.05, 4.69) is 5.32 Å². The third kappa shape index (κ3) is 2.56. The molecule has 0 aromatic heterocycles. The van der Waals surface area contributed by atoms with E-state index in [9.17, 15) is 9.18 Å². The first-order chi connectivity index (χ1) is 9.24. The zero-order chi connectivity index (χ0) is 13.2. The molecule has 2 saturated heterocycles. The molecule has 2 fully saturated rings. The summed E-state index contributed by atoms with van der Waals surface area (Å²) in [5.41, 5.74) is 0.801. The van der Waals surface area contributed by atoms with Gasteiger partial charge in [-0.2, -0.15) is 0 Å². The highest BCUT2D eigenvalue weighted by Crippen LogP contribution is 2.26. The summed E-state index contributed by atoms with van der Waals surface area (Å²) >= 11 is 0. The Morgan fingerprint density at radius 1 is 1.47 bits per heavy atom. The Bertz CT molecular complexity index is 474. The van der Waals surface area contributed by atoms with Crippen LogP contribution in [0.2, 0.25) is 0 Å². The van der Waals surface area contributed by atoms with Gasteiger partial charge in [-0.25, -0.2) is 9.18 Å². The molecule has 0 spiro atoms. The molecule has 4 nitrogen and oxygen atoms in total. The maximum absolute atomic E-state index is 13.2. The number of cyclic esters (lactones) is 1. The molecule has 1 aromatic carbocycles. The van der Waals surface area contributed by atoms with Gasteiger partial charge in [0.2, 0.25) is 0 Å².